The van der Waals surface area contributed by atoms with Crippen LogP contribution in [0.4, 0.5) is 5.13 Å². The average Bonchev–Trinajstić information content (AvgIpc) is 3.31. The van der Waals surface area contributed by atoms with Gasteiger partial charge in [0.1, 0.15) is 22.2 Å². The lowest BCUT2D eigenvalue weighted by atomic mass is 9.97. The molecule has 0 aromatic carbocycles. The third-order valence-corrected chi connectivity index (χ3v) is 7.43. The van der Waals surface area contributed by atoms with E-state index in [1.54, 1.807) is 15.9 Å². The summed E-state index contributed by atoms with van der Waals surface area (Å²) in [5.74, 6) is 0.345. The lowest BCUT2D eigenvalue weighted by Crippen LogP contribution is -2.34. The Labute approximate surface area is 183 Å². The number of anilines is 1. The fraction of sp³-hybridized carbons (Fsp3) is 0.550. The molecule has 0 unspecified atom stereocenters. The van der Waals surface area contributed by atoms with Crippen molar-refractivity contribution in [2.24, 2.45) is 0 Å². The topological polar surface area (TPSA) is 93.0 Å². The summed E-state index contributed by atoms with van der Waals surface area (Å²) in [5, 5.41) is 12.5. The van der Waals surface area contributed by atoms with Crippen LogP contribution in [0.1, 0.15) is 48.0 Å². The minimum Gasteiger partial charge on any atom is -0.299 e. The highest BCUT2D eigenvalue weighted by molar-refractivity contribution is 7.18. The molecule has 1 N–H and O–H groups in total. The molecule has 0 spiro atoms. The molecule has 0 bridgehead atoms. The summed E-state index contributed by atoms with van der Waals surface area (Å²) in [6.07, 6.45) is 4.18. The van der Waals surface area contributed by atoms with Gasteiger partial charge in [0.25, 0.3) is 5.56 Å². The largest absolute Gasteiger partial charge is 0.299 e. The second-order valence-corrected chi connectivity index (χ2v) is 9.71. The van der Waals surface area contributed by atoms with Crippen LogP contribution >= 0.6 is 22.7 Å². The van der Waals surface area contributed by atoms with Crippen molar-refractivity contribution in [3.05, 3.63) is 31.6 Å². The lowest BCUT2D eigenvalue weighted by Gasteiger charge is -2.20. The summed E-state index contributed by atoms with van der Waals surface area (Å²) >= 11 is 2.95. The number of carbonyl (C=O) groups excluding carboxylic acids is 1. The highest BCUT2D eigenvalue weighted by Crippen LogP contribution is 2.33. The number of nitrogens with zero attached hydrogens (tertiary/aromatic N) is 5. The fourth-order valence-corrected chi connectivity index (χ4v) is 5.74. The van der Waals surface area contributed by atoms with Crippen molar-refractivity contribution >= 4 is 43.9 Å². The molecule has 0 atom stereocenters. The van der Waals surface area contributed by atoms with Gasteiger partial charge in [-0.1, -0.05) is 25.2 Å². The first-order chi connectivity index (χ1) is 14.5. The first-order valence-corrected chi connectivity index (χ1v) is 12.0. The Hall–Kier alpha value is -2.17. The quantitative estimate of drug-likeness (QED) is 0.600. The molecular formula is C20H26N6O2S2. The van der Waals surface area contributed by atoms with Gasteiger partial charge >= 0.3 is 0 Å². The Morgan fingerprint density at radius 1 is 1.17 bits per heavy atom. The highest BCUT2D eigenvalue weighted by Gasteiger charge is 2.23. The fourth-order valence-electron chi connectivity index (χ4n) is 3.86. The first kappa shape index (κ1) is 21.1. The summed E-state index contributed by atoms with van der Waals surface area (Å²) in [5.41, 5.74) is 1.03. The molecule has 1 aliphatic carbocycles. The number of aromatic nitrogens is 4. The van der Waals surface area contributed by atoms with Gasteiger partial charge < -0.3 is 0 Å². The van der Waals surface area contributed by atoms with Crippen LogP contribution in [0.25, 0.3) is 10.2 Å². The number of thiophene rings is 1. The molecule has 0 saturated carbocycles. The molecule has 1 amide bonds. The second-order valence-electron chi connectivity index (χ2n) is 7.45. The SMILES string of the molecule is CCN(CC)Cc1nc2sc3c(c2c(=O)n1CC(=O)Nc1nnc(C)s1)CCCC3. The van der Waals surface area contributed by atoms with E-state index in [1.807, 2.05) is 6.92 Å². The number of amides is 1. The normalized spacial score (nSPS) is 13.7. The minimum absolute atomic E-state index is 0.0817. The Morgan fingerprint density at radius 3 is 2.63 bits per heavy atom. The van der Waals surface area contributed by atoms with Crippen molar-refractivity contribution in [3.8, 4) is 0 Å². The van der Waals surface area contributed by atoms with E-state index in [4.69, 9.17) is 4.98 Å². The van der Waals surface area contributed by atoms with Gasteiger partial charge in [0.15, 0.2) is 0 Å². The minimum atomic E-state index is -0.292. The molecule has 3 heterocycles. The lowest BCUT2D eigenvalue weighted by molar-refractivity contribution is -0.116. The number of fused-ring (bicyclic) bond motifs is 3. The van der Waals surface area contributed by atoms with Gasteiger partial charge in [-0.25, -0.2) is 4.98 Å². The summed E-state index contributed by atoms with van der Waals surface area (Å²) in [4.78, 5) is 35.4. The smallest absolute Gasteiger partial charge is 0.263 e. The third kappa shape index (κ3) is 4.17. The highest BCUT2D eigenvalue weighted by atomic mass is 32.1. The maximum atomic E-state index is 13.5. The van der Waals surface area contributed by atoms with Crippen molar-refractivity contribution in [2.75, 3.05) is 18.4 Å². The van der Waals surface area contributed by atoms with Crippen LogP contribution in [-0.2, 0) is 30.7 Å². The van der Waals surface area contributed by atoms with E-state index in [1.165, 1.54) is 16.2 Å². The van der Waals surface area contributed by atoms with E-state index in [-0.39, 0.29) is 18.0 Å². The second kappa shape index (κ2) is 8.91. The summed E-state index contributed by atoms with van der Waals surface area (Å²) in [6.45, 7) is 8.14. The van der Waals surface area contributed by atoms with Gasteiger partial charge in [-0.2, -0.15) is 0 Å². The molecule has 0 saturated heterocycles. The van der Waals surface area contributed by atoms with Crippen LogP contribution in [0.5, 0.6) is 0 Å². The van der Waals surface area contributed by atoms with Crippen molar-refractivity contribution in [1.82, 2.24) is 24.6 Å². The zero-order valence-corrected chi connectivity index (χ0v) is 19.2. The van der Waals surface area contributed by atoms with E-state index in [9.17, 15) is 9.59 Å². The Bertz CT molecular complexity index is 1130. The van der Waals surface area contributed by atoms with E-state index in [0.717, 1.165) is 54.2 Å². The third-order valence-electron chi connectivity index (χ3n) is 5.49. The van der Waals surface area contributed by atoms with Crippen LogP contribution in [0.3, 0.4) is 0 Å². The number of nitrogens with one attached hydrogen (secondary N) is 1. The first-order valence-electron chi connectivity index (χ1n) is 10.4. The Balaban J connectivity index is 1.74. The van der Waals surface area contributed by atoms with Crippen LogP contribution < -0.4 is 10.9 Å². The molecule has 4 rings (SSSR count). The number of hydrogen-bond donors (Lipinski definition) is 1. The van der Waals surface area contributed by atoms with Crippen molar-refractivity contribution in [3.63, 3.8) is 0 Å². The van der Waals surface area contributed by atoms with Gasteiger partial charge in [0, 0.05) is 4.88 Å². The Kier molecular flexibility index (Phi) is 6.26. The predicted octanol–water partition coefficient (Wildman–Crippen LogP) is 2.98. The predicted molar refractivity (Wildman–Crippen MR) is 120 cm³/mol. The van der Waals surface area contributed by atoms with Crippen LogP contribution in [0, 0.1) is 6.92 Å². The van der Waals surface area contributed by atoms with Gasteiger partial charge in [-0.05, 0) is 51.3 Å². The number of rotatable bonds is 7. The maximum Gasteiger partial charge on any atom is 0.263 e. The molecule has 0 fully saturated rings. The molecule has 1 aliphatic rings. The van der Waals surface area contributed by atoms with Crippen LogP contribution in [0.2, 0.25) is 0 Å². The molecule has 3 aromatic heterocycles. The molecule has 8 nitrogen and oxygen atoms in total. The van der Waals surface area contributed by atoms with Gasteiger partial charge in [0.2, 0.25) is 11.0 Å². The van der Waals surface area contributed by atoms with Crippen molar-refractivity contribution < 1.29 is 4.79 Å². The van der Waals surface area contributed by atoms with Crippen LogP contribution in [0.15, 0.2) is 4.79 Å². The maximum absolute atomic E-state index is 13.5. The zero-order chi connectivity index (χ0) is 21.3. The molecule has 10 heteroatoms. The number of hydrogen-bond acceptors (Lipinski definition) is 8. The van der Waals surface area contributed by atoms with E-state index >= 15 is 0 Å². The molecule has 3 aromatic rings. The molecule has 0 radical (unpaired) electrons. The molecule has 160 valence electrons. The molecule has 30 heavy (non-hydrogen) atoms. The summed E-state index contributed by atoms with van der Waals surface area (Å²) in [7, 11) is 0. The standard InChI is InChI=1S/C20H26N6O2S2/c1-4-25(5-2)10-15-21-18-17(13-8-6-7-9-14(13)30-18)19(28)26(15)11-16(27)22-20-24-23-12(3)29-20/h4-11H2,1-3H3,(H,22,24,27). The molecular weight excluding hydrogens is 420 g/mol. The average molecular weight is 447 g/mol. The Morgan fingerprint density at radius 2 is 1.93 bits per heavy atom. The number of aryl methyl sites for hydroxylation is 3. The van der Waals surface area contributed by atoms with Crippen molar-refractivity contribution in [1.29, 1.82) is 0 Å². The van der Waals surface area contributed by atoms with Gasteiger partial charge in [-0.15, -0.1) is 21.5 Å². The van der Waals surface area contributed by atoms with E-state index in [2.05, 4.69) is 34.3 Å². The monoisotopic (exact) mass is 446 g/mol. The summed E-state index contributed by atoms with van der Waals surface area (Å²) < 4.78 is 1.55. The van der Waals surface area contributed by atoms with Gasteiger partial charge in [-0.3, -0.25) is 24.4 Å². The van der Waals surface area contributed by atoms with Crippen molar-refractivity contribution in [2.45, 2.75) is 59.5 Å². The van der Waals surface area contributed by atoms with E-state index in [0.29, 0.717) is 22.9 Å². The zero-order valence-electron chi connectivity index (χ0n) is 17.5. The van der Waals surface area contributed by atoms with E-state index < -0.39 is 0 Å². The summed E-state index contributed by atoms with van der Waals surface area (Å²) in [6, 6.07) is 0. The van der Waals surface area contributed by atoms with Gasteiger partial charge in [0.05, 0.1) is 11.9 Å². The number of carbonyl (C=O) groups is 1. The molecule has 0 aliphatic heterocycles. The van der Waals surface area contributed by atoms with Crippen LogP contribution in [-0.4, -0.2) is 43.6 Å².